The van der Waals surface area contributed by atoms with Gasteiger partial charge < -0.3 is 30.3 Å². The maximum atomic E-state index is 14.7. The van der Waals surface area contributed by atoms with Gasteiger partial charge in [-0.15, -0.1) is 0 Å². The number of nitrogens with one attached hydrogen (secondary N) is 3. The molecule has 6 aliphatic rings. The molecule has 6 heterocycles. The Bertz CT molecular complexity index is 2380. The normalized spacial score (nSPS) is 23.4. The number of hydrazine groups is 1. The fraction of sp³-hybridized carbons (Fsp3) is 0.604. The van der Waals surface area contributed by atoms with Crippen molar-refractivity contribution in [1.82, 2.24) is 44.2 Å². The number of unbranched alkanes of at least 4 members (excludes halogenated alkanes) is 3. The van der Waals surface area contributed by atoms with Crippen LogP contribution in [0.3, 0.4) is 0 Å². The van der Waals surface area contributed by atoms with Gasteiger partial charge in [0.25, 0.3) is 12.3 Å². The van der Waals surface area contributed by atoms with Crippen LogP contribution in [-0.2, 0) is 21.4 Å². The molecule has 1 aliphatic carbocycles. The Morgan fingerprint density at radius 3 is 2.39 bits per heavy atom. The van der Waals surface area contributed by atoms with E-state index in [0.29, 0.717) is 81.1 Å². The minimum Gasteiger partial charge on any atom is -0.385 e. The topological polar surface area (TPSA) is 166 Å². The number of amidine groups is 1. The zero-order valence-corrected chi connectivity index (χ0v) is 38.9. The number of anilines is 1. The van der Waals surface area contributed by atoms with Gasteiger partial charge in [0, 0.05) is 122 Å². The summed E-state index contributed by atoms with van der Waals surface area (Å²) in [6.07, 6.45) is 11.9. The summed E-state index contributed by atoms with van der Waals surface area (Å²) in [4.78, 5) is 57.7. The number of nitrogens with zero attached hydrogens (tertiary/aromatic N) is 8. The van der Waals surface area contributed by atoms with Gasteiger partial charge in [-0.3, -0.25) is 34.1 Å². The molecule has 4 N–H and O–H groups in total. The van der Waals surface area contributed by atoms with Gasteiger partial charge in [0.05, 0.1) is 29.3 Å². The van der Waals surface area contributed by atoms with Gasteiger partial charge in [0.2, 0.25) is 11.8 Å². The molecule has 3 atom stereocenters. The standard InChI is InChI=1S/C48H67F2N11O5/c1-31(62)58-25-19-38(37(30-58)46(51)59-21-10-12-32-26-35(33-28-54(2)55(3)29-33)36(45(49)50)27-42(32)59)53-34-17-23-57(24-18-34)43(63)16-7-5-6-8-20-52-39-13-9-14-40-44(39)56(4)48(65)61(40)41-15-11-22-60(66)47(41)64/h9,13-14,26-28,32,34,41-42,45,51-53,66H,5-8,10-12,15-25,29-30H2,1-4H3. The predicted octanol–water partition coefficient (Wildman–Crippen LogP) is 5.21. The number of benzene rings is 1. The largest absolute Gasteiger partial charge is 0.385 e. The van der Waals surface area contributed by atoms with Gasteiger partial charge in [0.15, 0.2) is 0 Å². The van der Waals surface area contributed by atoms with Gasteiger partial charge in [0.1, 0.15) is 11.9 Å². The predicted molar refractivity (Wildman–Crippen MR) is 249 cm³/mol. The molecule has 0 saturated carbocycles. The SMILES string of the molecule is CC(=O)N1CCC(NC2CCN(C(=O)CCCCCCNc3cccc4c3n(C)c(=O)n4C3CCCN(O)C3=O)CC2)=C(C(=N)N2CCCC3C=C(C4=CN(C)N(C)C4)C(C(F)F)=CC32)C1. The Hall–Kier alpha value is -5.49. The van der Waals surface area contributed by atoms with Crippen molar-refractivity contribution in [2.24, 2.45) is 13.0 Å². The van der Waals surface area contributed by atoms with Gasteiger partial charge in [-0.1, -0.05) is 31.1 Å². The lowest BCUT2D eigenvalue weighted by Gasteiger charge is -2.45. The summed E-state index contributed by atoms with van der Waals surface area (Å²) in [6, 6.07) is 4.61. The summed E-state index contributed by atoms with van der Waals surface area (Å²) >= 11 is 0. The van der Waals surface area contributed by atoms with Crippen molar-refractivity contribution >= 4 is 40.3 Å². The van der Waals surface area contributed by atoms with Crippen LogP contribution in [0.2, 0.25) is 0 Å². The number of aryl methyl sites for hydroxylation is 1. The van der Waals surface area contributed by atoms with Crippen LogP contribution < -0.4 is 16.3 Å². The molecule has 3 saturated heterocycles. The highest BCUT2D eigenvalue weighted by molar-refractivity contribution is 5.98. The first-order valence-corrected chi connectivity index (χ1v) is 23.9. The van der Waals surface area contributed by atoms with E-state index in [9.17, 15) is 38.6 Å². The summed E-state index contributed by atoms with van der Waals surface area (Å²) in [6.45, 7) is 5.72. The molecule has 1 aromatic carbocycles. The fourth-order valence-corrected chi connectivity index (χ4v) is 10.8. The summed E-state index contributed by atoms with van der Waals surface area (Å²) in [7, 11) is 5.54. The Morgan fingerprint density at radius 1 is 0.909 bits per heavy atom. The number of carbonyl (C=O) groups excluding carboxylic acids is 3. The van der Waals surface area contributed by atoms with Gasteiger partial charge in [-0.25, -0.2) is 23.6 Å². The number of hydrogen-bond donors (Lipinski definition) is 4. The monoisotopic (exact) mass is 916 g/mol. The highest BCUT2D eigenvalue weighted by Gasteiger charge is 2.40. The number of hydroxylamine groups is 2. The maximum absolute atomic E-state index is 14.7. The van der Waals surface area contributed by atoms with E-state index in [-0.39, 0.29) is 60.0 Å². The lowest BCUT2D eigenvalue weighted by molar-refractivity contribution is -0.174. The van der Waals surface area contributed by atoms with Crippen molar-refractivity contribution in [2.45, 2.75) is 109 Å². The van der Waals surface area contributed by atoms with Gasteiger partial charge in [-0.05, 0) is 74.6 Å². The molecule has 3 amide bonds. The summed E-state index contributed by atoms with van der Waals surface area (Å²) in [5.74, 6) is -0.0957. The number of likely N-dealkylation sites (tertiary alicyclic amines) is 2. The second-order valence-corrected chi connectivity index (χ2v) is 18.9. The smallest absolute Gasteiger partial charge is 0.329 e. The molecule has 0 bridgehead atoms. The zero-order valence-electron chi connectivity index (χ0n) is 38.9. The third-order valence-electron chi connectivity index (χ3n) is 14.7. The number of alkyl halides is 2. The molecule has 3 unspecified atom stereocenters. The molecule has 66 heavy (non-hydrogen) atoms. The Morgan fingerprint density at radius 2 is 1.67 bits per heavy atom. The van der Waals surface area contributed by atoms with Crippen LogP contribution in [-0.4, -0.2) is 153 Å². The van der Waals surface area contributed by atoms with Crippen molar-refractivity contribution in [1.29, 1.82) is 5.41 Å². The number of para-hydroxylation sites is 1. The number of fused-ring (bicyclic) bond motifs is 2. The lowest BCUT2D eigenvalue weighted by atomic mass is 9.78. The van der Waals surface area contributed by atoms with E-state index in [4.69, 9.17) is 0 Å². The van der Waals surface area contributed by atoms with Crippen LogP contribution >= 0.6 is 0 Å². The van der Waals surface area contributed by atoms with Crippen molar-refractivity contribution in [3.05, 3.63) is 75.0 Å². The highest BCUT2D eigenvalue weighted by Crippen LogP contribution is 2.40. The molecule has 5 aliphatic heterocycles. The third-order valence-corrected chi connectivity index (χ3v) is 14.7. The number of piperidine rings is 3. The molecule has 3 fully saturated rings. The second kappa shape index (κ2) is 20.2. The minimum absolute atomic E-state index is 0.0145. The van der Waals surface area contributed by atoms with Crippen molar-refractivity contribution in [3.63, 3.8) is 0 Å². The van der Waals surface area contributed by atoms with E-state index in [1.54, 1.807) is 29.5 Å². The number of carbonyl (C=O) groups is 3. The molecule has 16 nitrogen and oxygen atoms in total. The quantitative estimate of drug-likeness (QED) is 0.0857. The van der Waals surface area contributed by atoms with E-state index >= 15 is 0 Å². The number of likely N-dealkylation sites (N-methyl/N-ethyl adjacent to an activating group) is 1. The molecule has 0 radical (unpaired) electrons. The van der Waals surface area contributed by atoms with Crippen LogP contribution in [0.1, 0.15) is 90.0 Å². The van der Waals surface area contributed by atoms with E-state index < -0.39 is 18.4 Å². The molecule has 18 heteroatoms. The number of allylic oxidation sites excluding steroid dienone is 1. The minimum atomic E-state index is -2.65. The molecule has 0 spiro atoms. The van der Waals surface area contributed by atoms with Crippen LogP contribution in [0.5, 0.6) is 0 Å². The maximum Gasteiger partial charge on any atom is 0.329 e. The number of amides is 3. The number of rotatable bonds is 14. The molecular weight excluding hydrogens is 849 g/mol. The average molecular weight is 916 g/mol. The van der Waals surface area contributed by atoms with Crippen LogP contribution in [0.4, 0.5) is 14.5 Å². The van der Waals surface area contributed by atoms with Crippen molar-refractivity contribution < 1.29 is 28.4 Å². The van der Waals surface area contributed by atoms with E-state index in [1.165, 1.54) is 4.57 Å². The zero-order chi connectivity index (χ0) is 46.8. The third kappa shape index (κ3) is 9.66. The number of aromatic nitrogens is 2. The summed E-state index contributed by atoms with van der Waals surface area (Å²) in [5.41, 5.74) is 5.06. The first-order chi connectivity index (χ1) is 31.7. The molecule has 8 rings (SSSR count). The summed E-state index contributed by atoms with van der Waals surface area (Å²) < 4.78 is 32.5. The first-order valence-electron chi connectivity index (χ1n) is 23.9. The van der Waals surface area contributed by atoms with E-state index in [0.717, 1.165) is 79.4 Å². The van der Waals surface area contributed by atoms with Gasteiger partial charge in [-0.2, -0.15) is 0 Å². The van der Waals surface area contributed by atoms with Gasteiger partial charge >= 0.3 is 5.69 Å². The fourth-order valence-electron chi connectivity index (χ4n) is 10.8. The average Bonchev–Trinajstić information content (AvgIpc) is 3.78. The first kappa shape index (κ1) is 47.0. The second-order valence-electron chi connectivity index (χ2n) is 18.9. The molecule has 1 aromatic heterocycles. The molecular formula is C48H67F2N11O5. The lowest BCUT2D eigenvalue weighted by Crippen LogP contribution is -2.52. The Kier molecular flexibility index (Phi) is 14.4. The Balaban J connectivity index is 0.819. The van der Waals surface area contributed by atoms with Crippen LogP contribution in [0.25, 0.3) is 11.0 Å². The Labute approximate surface area is 385 Å². The molecule has 2 aromatic rings. The van der Waals surface area contributed by atoms with E-state index in [2.05, 4.69) is 10.6 Å². The number of hydrogen-bond acceptors (Lipinski definition) is 10. The number of halogens is 2. The van der Waals surface area contributed by atoms with Crippen LogP contribution in [0, 0.1) is 11.3 Å². The molecule has 358 valence electrons. The number of imidazole rings is 1. The van der Waals surface area contributed by atoms with Crippen molar-refractivity contribution in [3.8, 4) is 0 Å². The van der Waals surface area contributed by atoms with Crippen molar-refractivity contribution in [2.75, 3.05) is 71.8 Å². The summed E-state index contributed by atoms with van der Waals surface area (Å²) in [5, 5.41) is 31.4. The van der Waals surface area contributed by atoms with E-state index in [1.807, 2.05) is 64.4 Å². The highest BCUT2D eigenvalue weighted by atomic mass is 19.3. The van der Waals surface area contributed by atoms with Crippen LogP contribution in [0.15, 0.2) is 69.3 Å².